The van der Waals surface area contributed by atoms with E-state index in [1.807, 2.05) is 30.3 Å². The second-order valence-corrected chi connectivity index (χ2v) is 2.11. The van der Waals surface area contributed by atoms with Gasteiger partial charge < -0.3 is 0 Å². The third-order valence-corrected chi connectivity index (χ3v) is 1.29. The summed E-state index contributed by atoms with van der Waals surface area (Å²) in [5, 5.41) is 0. The molecule has 0 spiro atoms. The molecule has 0 atom stereocenters. The van der Waals surface area contributed by atoms with Crippen molar-refractivity contribution in [3.63, 3.8) is 0 Å². The smallest absolute Gasteiger partial charge is 0.0479 e. The van der Waals surface area contributed by atoms with Gasteiger partial charge in [0.25, 0.3) is 0 Å². The Morgan fingerprint density at radius 2 is 2.00 bits per heavy atom. The zero-order valence-corrected chi connectivity index (χ0v) is 6.50. The highest BCUT2D eigenvalue weighted by atomic mass is 16.8. The van der Waals surface area contributed by atoms with E-state index in [0.717, 1.165) is 0 Å². The van der Waals surface area contributed by atoms with Gasteiger partial charge in [-0.15, -0.1) is 0 Å². The third kappa shape index (κ3) is 3.13. The summed E-state index contributed by atoms with van der Waals surface area (Å²) in [5.74, 6) is 0. The van der Waals surface area contributed by atoms with Gasteiger partial charge in [0.15, 0.2) is 0 Å². The number of benzene rings is 1. The highest BCUT2D eigenvalue weighted by molar-refractivity contribution is 5.13. The molecule has 0 saturated heterocycles. The first-order chi connectivity index (χ1) is 5.43. The SMILES string of the molecule is CNONCc1ccccc1. The van der Waals surface area contributed by atoms with Crippen molar-refractivity contribution in [2.24, 2.45) is 0 Å². The summed E-state index contributed by atoms with van der Waals surface area (Å²) in [4.78, 5) is 4.74. The molecule has 0 radical (unpaired) electrons. The van der Waals surface area contributed by atoms with E-state index in [-0.39, 0.29) is 0 Å². The molecule has 0 bridgehead atoms. The van der Waals surface area contributed by atoms with Crippen molar-refractivity contribution < 1.29 is 4.94 Å². The second-order valence-electron chi connectivity index (χ2n) is 2.11. The molecule has 3 nitrogen and oxygen atoms in total. The largest absolute Gasteiger partial charge is 0.214 e. The lowest BCUT2D eigenvalue weighted by molar-refractivity contribution is -0.0291. The van der Waals surface area contributed by atoms with Crippen LogP contribution in [0.2, 0.25) is 0 Å². The van der Waals surface area contributed by atoms with E-state index in [9.17, 15) is 0 Å². The fourth-order valence-electron chi connectivity index (χ4n) is 0.787. The lowest BCUT2D eigenvalue weighted by Crippen LogP contribution is -2.21. The molecule has 2 N–H and O–H groups in total. The quantitative estimate of drug-likeness (QED) is 0.495. The van der Waals surface area contributed by atoms with Crippen LogP contribution in [0, 0.1) is 0 Å². The van der Waals surface area contributed by atoms with E-state index in [4.69, 9.17) is 4.94 Å². The van der Waals surface area contributed by atoms with Crippen molar-refractivity contribution in [3.05, 3.63) is 35.9 Å². The molecule has 1 aromatic carbocycles. The highest BCUT2D eigenvalue weighted by Gasteiger charge is 1.87. The van der Waals surface area contributed by atoms with E-state index in [2.05, 4.69) is 11.0 Å². The Morgan fingerprint density at radius 3 is 2.64 bits per heavy atom. The fourth-order valence-corrected chi connectivity index (χ4v) is 0.787. The van der Waals surface area contributed by atoms with Gasteiger partial charge >= 0.3 is 0 Å². The zero-order valence-electron chi connectivity index (χ0n) is 6.50. The van der Waals surface area contributed by atoms with Crippen molar-refractivity contribution in [1.82, 2.24) is 11.0 Å². The summed E-state index contributed by atoms with van der Waals surface area (Å²) in [7, 11) is 1.71. The van der Waals surface area contributed by atoms with Crippen LogP contribution in [0.25, 0.3) is 0 Å². The molecule has 0 aliphatic rings. The number of hydrogen-bond acceptors (Lipinski definition) is 3. The van der Waals surface area contributed by atoms with Gasteiger partial charge in [-0.05, 0) is 5.56 Å². The average molecular weight is 152 g/mol. The molecule has 0 aromatic heterocycles. The first-order valence-electron chi connectivity index (χ1n) is 3.53. The topological polar surface area (TPSA) is 33.3 Å². The highest BCUT2D eigenvalue weighted by Crippen LogP contribution is 1.96. The van der Waals surface area contributed by atoms with Gasteiger partial charge in [-0.3, -0.25) is 0 Å². The fraction of sp³-hybridized carbons (Fsp3) is 0.250. The van der Waals surface area contributed by atoms with Crippen LogP contribution in [0.4, 0.5) is 0 Å². The van der Waals surface area contributed by atoms with E-state index >= 15 is 0 Å². The average Bonchev–Trinajstić information content (AvgIpc) is 2.07. The number of hydroxylamine groups is 2. The minimum Gasteiger partial charge on any atom is -0.214 e. The molecule has 3 heteroatoms. The van der Waals surface area contributed by atoms with Crippen LogP contribution in [0.15, 0.2) is 30.3 Å². The summed E-state index contributed by atoms with van der Waals surface area (Å²) in [6.07, 6.45) is 0. The lowest BCUT2D eigenvalue weighted by Gasteiger charge is -2.02. The van der Waals surface area contributed by atoms with Gasteiger partial charge in [0.05, 0.1) is 0 Å². The van der Waals surface area contributed by atoms with E-state index in [0.29, 0.717) is 6.54 Å². The molecule has 0 aliphatic heterocycles. The second kappa shape index (κ2) is 4.85. The van der Waals surface area contributed by atoms with Crippen LogP contribution in [0.1, 0.15) is 5.56 Å². The maximum Gasteiger partial charge on any atom is 0.0479 e. The Labute approximate surface area is 66.3 Å². The first kappa shape index (κ1) is 8.20. The molecular formula is C8H12N2O. The van der Waals surface area contributed by atoms with Crippen molar-refractivity contribution in [2.45, 2.75) is 6.54 Å². The van der Waals surface area contributed by atoms with E-state index in [1.54, 1.807) is 7.05 Å². The number of rotatable bonds is 4. The zero-order chi connectivity index (χ0) is 7.94. The molecule has 0 heterocycles. The summed E-state index contributed by atoms with van der Waals surface area (Å²) >= 11 is 0. The van der Waals surface area contributed by atoms with Crippen LogP contribution in [0.5, 0.6) is 0 Å². The summed E-state index contributed by atoms with van der Waals surface area (Å²) < 4.78 is 0. The Bertz CT molecular complexity index is 189. The van der Waals surface area contributed by atoms with Gasteiger partial charge in [-0.1, -0.05) is 30.3 Å². The van der Waals surface area contributed by atoms with Crippen LogP contribution in [0.3, 0.4) is 0 Å². The molecule has 0 aliphatic carbocycles. The predicted molar refractivity (Wildman–Crippen MR) is 43.4 cm³/mol. The van der Waals surface area contributed by atoms with Crippen LogP contribution in [-0.4, -0.2) is 7.05 Å². The first-order valence-corrected chi connectivity index (χ1v) is 3.53. The van der Waals surface area contributed by atoms with Crippen LogP contribution < -0.4 is 11.0 Å². The minimum atomic E-state index is 0.710. The molecule has 0 saturated carbocycles. The molecule has 1 rings (SSSR count). The molecular weight excluding hydrogens is 140 g/mol. The Balaban J connectivity index is 2.28. The van der Waals surface area contributed by atoms with Gasteiger partial charge in [-0.2, -0.15) is 11.0 Å². The van der Waals surface area contributed by atoms with Gasteiger partial charge in [-0.25, -0.2) is 4.94 Å². The lowest BCUT2D eigenvalue weighted by atomic mass is 10.2. The van der Waals surface area contributed by atoms with Crippen LogP contribution in [-0.2, 0) is 11.5 Å². The molecule has 0 fully saturated rings. The van der Waals surface area contributed by atoms with Crippen molar-refractivity contribution in [1.29, 1.82) is 0 Å². The van der Waals surface area contributed by atoms with E-state index in [1.165, 1.54) is 5.56 Å². The number of hydrogen-bond donors (Lipinski definition) is 2. The minimum absolute atomic E-state index is 0.710. The molecule has 11 heavy (non-hydrogen) atoms. The third-order valence-electron chi connectivity index (χ3n) is 1.29. The summed E-state index contributed by atoms with van der Waals surface area (Å²) in [6.45, 7) is 0.710. The molecule has 0 amide bonds. The molecule has 1 aromatic rings. The van der Waals surface area contributed by atoms with Crippen molar-refractivity contribution in [2.75, 3.05) is 7.05 Å². The Morgan fingerprint density at radius 1 is 1.27 bits per heavy atom. The monoisotopic (exact) mass is 152 g/mol. The summed E-state index contributed by atoms with van der Waals surface area (Å²) in [5.41, 5.74) is 6.46. The van der Waals surface area contributed by atoms with Gasteiger partial charge in [0, 0.05) is 13.6 Å². The van der Waals surface area contributed by atoms with Crippen molar-refractivity contribution >= 4 is 0 Å². The molecule has 0 unspecified atom stereocenters. The normalized spacial score (nSPS) is 9.91. The van der Waals surface area contributed by atoms with Crippen molar-refractivity contribution in [3.8, 4) is 0 Å². The van der Waals surface area contributed by atoms with E-state index < -0.39 is 0 Å². The maximum absolute atomic E-state index is 4.74. The maximum atomic E-state index is 4.74. The summed E-state index contributed by atoms with van der Waals surface area (Å²) in [6, 6.07) is 10.0. The standard InChI is InChI=1S/C8H12N2O/c1-9-11-10-7-8-5-3-2-4-6-8/h2-6,9-10H,7H2,1H3. The van der Waals surface area contributed by atoms with Gasteiger partial charge in [0.1, 0.15) is 0 Å². The molecule has 60 valence electrons. The van der Waals surface area contributed by atoms with Gasteiger partial charge in [0.2, 0.25) is 0 Å². The Hall–Kier alpha value is -0.900. The Kier molecular flexibility index (Phi) is 3.61. The predicted octanol–water partition coefficient (Wildman–Crippen LogP) is 0.842. The van der Waals surface area contributed by atoms with Crippen LogP contribution >= 0.6 is 0 Å². The number of nitrogens with one attached hydrogen (secondary N) is 2.